The second kappa shape index (κ2) is 12.4. The van der Waals surface area contributed by atoms with Gasteiger partial charge in [0.2, 0.25) is 5.91 Å². The minimum absolute atomic E-state index is 0.00943. The highest BCUT2D eigenvalue weighted by molar-refractivity contribution is 6.30. The van der Waals surface area contributed by atoms with Crippen molar-refractivity contribution >= 4 is 23.5 Å². The van der Waals surface area contributed by atoms with Crippen molar-refractivity contribution in [1.82, 2.24) is 9.47 Å². The van der Waals surface area contributed by atoms with Crippen molar-refractivity contribution in [3.05, 3.63) is 76.6 Å². The third-order valence-electron chi connectivity index (χ3n) is 8.44. The van der Waals surface area contributed by atoms with Crippen molar-refractivity contribution in [2.75, 3.05) is 33.9 Å². The fourth-order valence-corrected chi connectivity index (χ4v) is 6.46. The number of carbonyl (C=O) groups is 2. The molecule has 3 aromatic rings. The first-order valence-electron chi connectivity index (χ1n) is 14.5. The zero-order valence-corrected chi connectivity index (χ0v) is 25.6. The molecule has 3 heterocycles. The number of hydrogen-bond acceptors (Lipinski definition) is 6. The highest BCUT2D eigenvalue weighted by Gasteiger charge is 2.46. The lowest BCUT2D eigenvalue weighted by Gasteiger charge is -2.40. The molecule has 2 atom stereocenters. The molecule has 0 spiro atoms. The van der Waals surface area contributed by atoms with Gasteiger partial charge in [-0.1, -0.05) is 23.7 Å². The van der Waals surface area contributed by atoms with Crippen molar-refractivity contribution < 1.29 is 28.5 Å². The van der Waals surface area contributed by atoms with E-state index in [9.17, 15) is 9.59 Å². The number of amides is 1. The standard InChI is InChI=1S/C33H39ClN2O6/c1-6-41-28(37)19-21-14-17-35(18-15-21)32(38)33(2,3)31-26-10-8-16-36(26)25-13-12-22(34)20-24(25)29(42-31)23-9-7-11-27(39-4)30(23)40-5/h7-13,16,20-21,29,31H,6,14-15,17-19H2,1-5H3/t29-,31+/m1/s1. The highest BCUT2D eigenvalue weighted by Crippen LogP contribution is 2.50. The molecule has 2 aliphatic rings. The van der Waals surface area contributed by atoms with Gasteiger partial charge in [-0.25, -0.2) is 0 Å². The summed E-state index contributed by atoms with van der Waals surface area (Å²) < 4.78 is 25.7. The van der Waals surface area contributed by atoms with E-state index in [2.05, 4.69) is 4.57 Å². The Morgan fingerprint density at radius 1 is 1.02 bits per heavy atom. The van der Waals surface area contributed by atoms with Crippen LogP contribution < -0.4 is 9.47 Å². The predicted octanol–water partition coefficient (Wildman–Crippen LogP) is 6.53. The third kappa shape index (κ3) is 5.62. The molecule has 224 valence electrons. The van der Waals surface area contributed by atoms with E-state index in [1.165, 1.54) is 0 Å². The number of para-hydroxylation sites is 1. The molecular weight excluding hydrogens is 556 g/mol. The topological polar surface area (TPSA) is 79.2 Å². The smallest absolute Gasteiger partial charge is 0.306 e. The number of halogens is 1. The number of rotatable bonds is 8. The van der Waals surface area contributed by atoms with Gasteiger partial charge in [-0.15, -0.1) is 0 Å². The van der Waals surface area contributed by atoms with E-state index in [0.29, 0.717) is 42.6 Å². The number of hydrogen-bond donors (Lipinski definition) is 0. The Kier molecular flexibility index (Phi) is 8.85. The minimum Gasteiger partial charge on any atom is -0.493 e. The largest absolute Gasteiger partial charge is 0.493 e. The first-order valence-corrected chi connectivity index (χ1v) is 14.9. The average molecular weight is 595 g/mol. The Hall–Kier alpha value is -3.49. The molecule has 2 aromatic carbocycles. The van der Waals surface area contributed by atoms with Gasteiger partial charge in [0.1, 0.15) is 12.2 Å². The second-order valence-corrected chi connectivity index (χ2v) is 11.9. The van der Waals surface area contributed by atoms with Crippen molar-refractivity contribution in [2.45, 2.75) is 52.2 Å². The Balaban J connectivity index is 1.51. The predicted molar refractivity (Wildman–Crippen MR) is 160 cm³/mol. The lowest BCUT2D eigenvalue weighted by molar-refractivity contribution is -0.155. The zero-order chi connectivity index (χ0) is 30.0. The number of aromatic nitrogens is 1. The summed E-state index contributed by atoms with van der Waals surface area (Å²) in [5.41, 5.74) is 2.50. The average Bonchev–Trinajstić information content (AvgIpc) is 3.41. The number of ether oxygens (including phenoxy) is 4. The number of nitrogens with zero attached hydrogens (tertiary/aromatic N) is 2. The molecule has 42 heavy (non-hydrogen) atoms. The summed E-state index contributed by atoms with van der Waals surface area (Å²) in [7, 11) is 3.21. The molecule has 0 saturated carbocycles. The number of carbonyl (C=O) groups excluding carboxylic acids is 2. The van der Waals surface area contributed by atoms with Crippen molar-refractivity contribution in [1.29, 1.82) is 0 Å². The van der Waals surface area contributed by atoms with E-state index in [-0.39, 0.29) is 17.8 Å². The molecule has 1 aromatic heterocycles. The van der Waals surface area contributed by atoms with Gasteiger partial charge in [-0.3, -0.25) is 9.59 Å². The lowest BCUT2D eigenvalue weighted by Crippen LogP contribution is -2.48. The van der Waals surface area contributed by atoms with Crippen molar-refractivity contribution in [2.24, 2.45) is 11.3 Å². The summed E-state index contributed by atoms with van der Waals surface area (Å²) in [6.45, 7) is 7.27. The normalized spacial score (nSPS) is 19.0. The van der Waals surface area contributed by atoms with Gasteiger partial charge in [0, 0.05) is 41.9 Å². The summed E-state index contributed by atoms with van der Waals surface area (Å²) in [6, 6.07) is 15.4. The van der Waals surface area contributed by atoms with Crippen LogP contribution >= 0.6 is 11.6 Å². The molecule has 0 bridgehead atoms. The van der Waals surface area contributed by atoms with E-state index < -0.39 is 17.6 Å². The van der Waals surface area contributed by atoms with Gasteiger partial charge >= 0.3 is 5.97 Å². The van der Waals surface area contributed by atoms with Gasteiger partial charge in [0.05, 0.1) is 37.6 Å². The molecule has 5 rings (SSSR count). The molecule has 0 N–H and O–H groups in total. The quantitative estimate of drug-likeness (QED) is 0.276. The summed E-state index contributed by atoms with van der Waals surface area (Å²) in [5, 5.41) is 0.581. The van der Waals surface area contributed by atoms with E-state index in [1.54, 1.807) is 14.2 Å². The number of likely N-dealkylation sites (tertiary alicyclic amines) is 1. The number of methoxy groups -OCH3 is 2. The summed E-state index contributed by atoms with van der Waals surface area (Å²) in [5.74, 6) is 1.20. The fraction of sp³-hybridized carbons (Fsp3) is 0.455. The summed E-state index contributed by atoms with van der Waals surface area (Å²) in [6.07, 6.45) is 2.70. The Labute approximate surface area is 252 Å². The third-order valence-corrected chi connectivity index (χ3v) is 8.67. The number of benzene rings is 2. The minimum atomic E-state index is -0.930. The molecule has 0 radical (unpaired) electrons. The number of piperidine rings is 1. The zero-order valence-electron chi connectivity index (χ0n) is 24.9. The molecule has 0 aliphatic carbocycles. The van der Waals surface area contributed by atoms with Gasteiger partial charge in [0.25, 0.3) is 0 Å². The Morgan fingerprint density at radius 2 is 1.79 bits per heavy atom. The first-order chi connectivity index (χ1) is 20.2. The van der Waals surface area contributed by atoms with Crippen LogP contribution in [0.15, 0.2) is 54.7 Å². The highest BCUT2D eigenvalue weighted by atomic mass is 35.5. The van der Waals surface area contributed by atoms with Crippen LogP contribution in [0.1, 0.15) is 69.1 Å². The number of fused-ring (bicyclic) bond motifs is 3. The molecule has 8 nitrogen and oxygen atoms in total. The Morgan fingerprint density at radius 3 is 2.48 bits per heavy atom. The molecule has 0 unspecified atom stereocenters. The van der Waals surface area contributed by atoms with Crippen LogP contribution in [0.25, 0.3) is 5.69 Å². The van der Waals surface area contributed by atoms with Crippen LogP contribution in [0.5, 0.6) is 11.5 Å². The van der Waals surface area contributed by atoms with Gasteiger partial charge < -0.3 is 28.4 Å². The maximum Gasteiger partial charge on any atom is 0.306 e. The fourth-order valence-electron chi connectivity index (χ4n) is 6.28. The van der Waals surface area contributed by atoms with Gasteiger partial charge in [-0.05, 0) is 75.9 Å². The maximum atomic E-state index is 14.3. The van der Waals surface area contributed by atoms with E-state index in [0.717, 1.165) is 35.3 Å². The molecule has 2 aliphatic heterocycles. The molecule has 1 fully saturated rings. The SMILES string of the molecule is CCOC(=O)CC1CCN(C(=O)C(C)(C)[C@H]2O[C@H](c3cccc(OC)c3OC)c3cc(Cl)ccc3-n3cccc32)CC1. The summed E-state index contributed by atoms with van der Waals surface area (Å²) >= 11 is 6.54. The van der Waals surface area contributed by atoms with E-state index in [4.69, 9.17) is 30.5 Å². The van der Waals surface area contributed by atoms with Crippen molar-refractivity contribution in [3.8, 4) is 17.2 Å². The Bertz CT molecular complexity index is 1440. The van der Waals surface area contributed by atoms with Crippen LogP contribution in [0.4, 0.5) is 0 Å². The van der Waals surface area contributed by atoms with E-state index in [1.807, 2.05) is 80.4 Å². The second-order valence-electron chi connectivity index (χ2n) is 11.5. The monoisotopic (exact) mass is 594 g/mol. The van der Waals surface area contributed by atoms with Crippen LogP contribution in [0.2, 0.25) is 5.02 Å². The first kappa shape index (κ1) is 30.0. The van der Waals surface area contributed by atoms with E-state index >= 15 is 0 Å². The molecular formula is C33H39ClN2O6. The van der Waals surface area contributed by atoms with Gasteiger partial charge in [-0.2, -0.15) is 0 Å². The van der Waals surface area contributed by atoms with Crippen LogP contribution in [0.3, 0.4) is 0 Å². The molecule has 1 amide bonds. The molecule has 9 heteroatoms. The lowest BCUT2D eigenvalue weighted by atomic mass is 9.81. The maximum absolute atomic E-state index is 14.3. The van der Waals surface area contributed by atoms with Crippen molar-refractivity contribution in [3.63, 3.8) is 0 Å². The summed E-state index contributed by atoms with van der Waals surface area (Å²) in [4.78, 5) is 28.2. The van der Waals surface area contributed by atoms with Gasteiger partial charge in [0.15, 0.2) is 11.5 Å². The van der Waals surface area contributed by atoms with Crippen LogP contribution in [-0.2, 0) is 19.1 Å². The molecule has 1 saturated heterocycles. The van der Waals surface area contributed by atoms with Crippen LogP contribution in [-0.4, -0.2) is 55.3 Å². The van der Waals surface area contributed by atoms with Crippen LogP contribution in [0, 0.1) is 11.3 Å². The number of esters is 1.